The van der Waals surface area contributed by atoms with Gasteiger partial charge in [0.25, 0.3) is 0 Å². The van der Waals surface area contributed by atoms with E-state index < -0.39 is 0 Å². The minimum atomic E-state index is 0.201. The van der Waals surface area contributed by atoms with Crippen molar-refractivity contribution in [2.24, 2.45) is 5.41 Å². The van der Waals surface area contributed by atoms with E-state index in [0.29, 0.717) is 6.04 Å². The van der Waals surface area contributed by atoms with E-state index in [0.717, 1.165) is 6.54 Å². The second-order valence-electron chi connectivity index (χ2n) is 6.12. The van der Waals surface area contributed by atoms with Crippen LogP contribution < -0.4 is 5.32 Å². The van der Waals surface area contributed by atoms with Crippen LogP contribution in [0.2, 0.25) is 0 Å². The van der Waals surface area contributed by atoms with Crippen LogP contribution in [0.1, 0.15) is 42.8 Å². The summed E-state index contributed by atoms with van der Waals surface area (Å²) in [6.07, 6.45) is 0. The molecule has 102 valence electrons. The molecule has 1 aromatic heterocycles. The maximum atomic E-state index is 3.73. The minimum absolute atomic E-state index is 0.201. The number of aryl methyl sites for hydroxylation is 1. The second-order valence-corrected chi connectivity index (χ2v) is 7.12. The lowest BCUT2D eigenvalue weighted by atomic mass is 9.82. The molecule has 0 aliphatic rings. The van der Waals surface area contributed by atoms with E-state index >= 15 is 0 Å². The fourth-order valence-electron chi connectivity index (χ4n) is 2.35. The topological polar surface area (TPSA) is 12.0 Å². The van der Waals surface area contributed by atoms with Crippen LogP contribution in [0.4, 0.5) is 0 Å². The van der Waals surface area contributed by atoms with Crippen molar-refractivity contribution in [2.45, 2.75) is 40.3 Å². The van der Waals surface area contributed by atoms with E-state index in [9.17, 15) is 0 Å². The maximum Gasteiger partial charge on any atom is 0.0372 e. The van der Waals surface area contributed by atoms with Crippen molar-refractivity contribution < 1.29 is 0 Å². The molecule has 0 saturated heterocycles. The summed E-state index contributed by atoms with van der Waals surface area (Å²) in [5.41, 5.74) is 2.95. The van der Waals surface area contributed by atoms with E-state index in [1.165, 1.54) is 16.0 Å². The highest BCUT2D eigenvalue weighted by Crippen LogP contribution is 2.33. The van der Waals surface area contributed by atoms with Crippen molar-refractivity contribution in [2.75, 3.05) is 0 Å². The van der Waals surface area contributed by atoms with Crippen LogP contribution in [0.3, 0.4) is 0 Å². The van der Waals surface area contributed by atoms with Gasteiger partial charge in [0.1, 0.15) is 0 Å². The van der Waals surface area contributed by atoms with Crippen LogP contribution in [0.5, 0.6) is 0 Å². The summed E-state index contributed by atoms with van der Waals surface area (Å²) in [5, 5.41) is 5.90. The first-order chi connectivity index (χ1) is 8.98. The standard InChI is InChI=1S/C17H23NS/c1-13-10-11-19-15(13)12-18-16(17(2,3)4)14-8-6-5-7-9-14/h5-11,16,18H,12H2,1-4H3. The molecule has 0 spiro atoms. The van der Waals surface area contributed by atoms with E-state index in [-0.39, 0.29) is 5.41 Å². The van der Waals surface area contributed by atoms with Crippen molar-refractivity contribution in [3.8, 4) is 0 Å². The molecule has 1 atom stereocenters. The van der Waals surface area contributed by atoms with Crippen molar-refractivity contribution in [3.63, 3.8) is 0 Å². The van der Waals surface area contributed by atoms with Crippen LogP contribution >= 0.6 is 11.3 Å². The van der Waals surface area contributed by atoms with E-state index in [1.54, 1.807) is 0 Å². The molecule has 0 radical (unpaired) electrons. The van der Waals surface area contributed by atoms with Crippen LogP contribution in [0.25, 0.3) is 0 Å². The Morgan fingerprint density at radius 1 is 1.11 bits per heavy atom. The molecular weight excluding hydrogens is 250 g/mol. The third kappa shape index (κ3) is 3.68. The van der Waals surface area contributed by atoms with Gasteiger partial charge in [-0.05, 0) is 34.9 Å². The van der Waals surface area contributed by atoms with Gasteiger partial charge in [-0.2, -0.15) is 0 Å². The molecule has 1 heterocycles. The smallest absolute Gasteiger partial charge is 0.0372 e. The van der Waals surface area contributed by atoms with Gasteiger partial charge in [0.15, 0.2) is 0 Å². The molecule has 19 heavy (non-hydrogen) atoms. The molecule has 1 unspecified atom stereocenters. The van der Waals surface area contributed by atoms with Gasteiger partial charge in [-0.15, -0.1) is 11.3 Å². The van der Waals surface area contributed by atoms with Crippen molar-refractivity contribution in [1.82, 2.24) is 5.32 Å². The predicted octanol–water partition coefficient (Wildman–Crippen LogP) is 4.93. The monoisotopic (exact) mass is 273 g/mol. The summed E-state index contributed by atoms with van der Waals surface area (Å²) >= 11 is 1.83. The summed E-state index contributed by atoms with van der Waals surface area (Å²) in [4.78, 5) is 1.44. The second kappa shape index (κ2) is 5.89. The Balaban J connectivity index is 2.14. The van der Waals surface area contributed by atoms with E-state index in [4.69, 9.17) is 0 Å². The lowest BCUT2D eigenvalue weighted by Gasteiger charge is -2.32. The summed E-state index contributed by atoms with van der Waals surface area (Å²) in [6, 6.07) is 13.3. The van der Waals surface area contributed by atoms with E-state index in [1.807, 2.05) is 11.3 Å². The Hall–Kier alpha value is -1.12. The molecule has 1 N–H and O–H groups in total. The first-order valence-electron chi connectivity index (χ1n) is 6.80. The van der Waals surface area contributed by atoms with Gasteiger partial charge in [-0.3, -0.25) is 0 Å². The molecule has 1 nitrogen and oxygen atoms in total. The number of nitrogens with one attached hydrogen (secondary N) is 1. The molecule has 0 saturated carbocycles. The quantitative estimate of drug-likeness (QED) is 0.832. The van der Waals surface area contributed by atoms with Crippen LogP contribution in [-0.4, -0.2) is 0 Å². The lowest BCUT2D eigenvalue weighted by Crippen LogP contribution is -2.31. The zero-order valence-electron chi connectivity index (χ0n) is 12.2. The number of benzene rings is 1. The van der Waals surface area contributed by atoms with Crippen LogP contribution in [0.15, 0.2) is 41.8 Å². The van der Waals surface area contributed by atoms with Gasteiger partial charge in [-0.25, -0.2) is 0 Å². The van der Waals surface area contributed by atoms with Crippen LogP contribution in [-0.2, 0) is 6.54 Å². The SMILES string of the molecule is Cc1ccsc1CNC(c1ccccc1)C(C)(C)C. The number of rotatable bonds is 4. The first-order valence-corrected chi connectivity index (χ1v) is 7.68. The van der Waals surface area contributed by atoms with Crippen molar-refractivity contribution in [1.29, 1.82) is 0 Å². The Morgan fingerprint density at radius 3 is 2.32 bits per heavy atom. The normalized spacial score (nSPS) is 13.5. The largest absolute Gasteiger partial charge is 0.305 e. The molecule has 0 aliphatic carbocycles. The first kappa shape index (κ1) is 14.3. The highest BCUT2D eigenvalue weighted by Gasteiger charge is 2.25. The lowest BCUT2D eigenvalue weighted by molar-refractivity contribution is 0.271. The summed E-state index contributed by atoms with van der Waals surface area (Å²) in [7, 11) is 0. The molecule has 0 fully saturated rings. The summed E-state index contributed by atoms with van der Waals surface area (Å²) in [5.74, 6) is 0. The summed E-state index contributed by atoms with van der Waals surface area (Å²) in [6.45, 7) is 10.00. The zero-order chi connectivity index (χ0) is 13.9. The molecule has 0 bridgehead atoms. The number of hydrogen-bond donors (Lipinski definition) is 1. The maximum absolute atomic E-state index is 3.73. The molecule has 2 heteroatoms. The fraction of sp³-hybridized carbons (Fsp3) is 0.412. The third-order valence-electron chi connectivity index (χ3n) is 3.43. The number of hydrogen-bond acceptors (Lipinski definition) is 2. The van der Waals surface area contributed by atoms with Crippen molar-refractivity contribution >= 4 is 11.3 Å². The highest BCUT2D eigenvalue weighted by atomic mass is 32.1. The molecule has 1 aromatic carbocycles. The average molecular weight is 273 g/mol. The molecule has 2 rings (SSSR count). The van der Waals surface area contributed by atoms with Gasteiger partial charge in [0.2, 0.25) is 0 Å². The molecule has 0 amide bonds. The van der Waals surface area contributed by atoms with Crippen LogP contribution in [0, 0.1) is 12.3 Å². The predicted molar refractivity (Wildman–Crippen MR) is 84.5 cm³/mol. The third-order valence-corrected chi connectivity index (χ3v) is 4.46. The Labute approximate surface area is 120 Å². The summed E-state index contributed by atoms with van der Waals surface area (Å²) < 4.78 is 0. The highest BCUT2D eigenvalue weighted by molar-refractivity contribution is 7.10. The van der Waals surface area contributed by atoms with E-state index in [2.05, 4.69) is 74.8 Å². The molecular formula is C17H23NS. The van der Waals surface area contributed by atoms with Gasteiger partial charge in [-0.1, -0.05) is 51.1 Å². The Bertz CT molecular complexity index is 508. The molecule has 2 aromatic rings. The van der Waals surface area contributed by atoms with Gasteiger partial charge < -0.3 is 5.32 Å². The Kier molecular flexibility index (Phi) is 4.43. The van der Waals surface area contributed by atoms with Crippen molar-refractivity contribution in [3.05, 3.63) is 57.8 Å². The van der Waals surface area contributed by atoms with Gasteiger partial charge in [0, 0.05) is 17.5 Å². The fourth-order valence-corrected chi connectivity index (χ4v) is 3.21. The zero-order valence-corrected chi connectivity index (χ0v) is 13.1. The average Bonchev–Trinajstić information content (AvgIpc) is 2.75. The minimum Gasteiger partial charge on any atom is -0.305 e. The Morgan fingerprint density at radius 2 is 1.79 bits per heavy atom. The van der Waals surface area contributed by atoms with Gasteiger partial charge >= 0.3 is 0 Å². The van der Waals surface area contributed by atoms with Gasteiger partial charge in [0.05, 0.1) is 0 Å². The molecule has 0 aliphatic heterocycles. The number of thiophene rings is 1.